The highest BCUT2D eigenvalue weighted by molar-refractivity contribution is 5.76. The van der Waals surface area contributed by atoms with Gasteiger partial charge < -0.3 is 10.2 Å². The first-order chi connectivity index (χ1) is 7.95. The van der Waals surface area contributed by atoms with Crippen LogP contribution in [0, 0.1) is 0 Å². The number of nitrogens with zero attached hydrogens (tertiary/aromatic N) is 1. The van der Waals surface area contributed by atoms with Crippen LogP contribution in [0.2, 0.25) is 0 Å². The highest BCUT2D eigenvalue weighted by Crippen LogP contribution is 2.22. The molecule has 3 nitrogen and oxygen atoms in total. The van der Waals surface area contributed by atoms with E-state index in [0.29, 0.717) is 19.4 Å². The second-order valence-electron chi connectivity index (χ2n) is 3.64. The van der Waals surface area contributed by atoms with Gasteiger partial charge in [-0.2, -0.15) is 13.2 Å². The third-order valence-electron chi connectivity index (χ3n) is 2.39. The molecular formula is C11H21F3N2O. The number of hydrogen-bond acceptors (Lipinski definition) is 2. The summed E-state index contributed by atoms with van der Waals surface area (Å²) < 4.78 is 37.1. The van der Waals surface area contributed by atoms with E-state index in [1.807, 2.05) is 20.8 Å². The van der Waals surface area contributed by atoms with Gasteiger partial charge >= 0.3 is 6.18 Å². The fraction of sp³-hybridized carbons (Fsp3) is 0.909. The quantitative estimate of drug-likeness (QED) is 0.819. The van der Waals surface area contributed by atoms with E-state index in [4.69, 9.17) is 0 Å². The van der Waals surface area contributed by atoms with E-state index in [1.54, 1.807) is 0 Å². The van der Waals surface area contributed by atoms with E-state index in [2.05, 4.69) is 5.32 Å². The normalized spacial score (nSPS) is 20.6. The maximum atomic E-state index is 12.4. The molecule has 1 atom stereocenters. The summed E-state index contributed by atoms with van der Waals surface area (Å²) in [5.41, 5.74) is 0. The van der Waals surface area contributed by atoms with Gasteiger partial charge in [-0.05, 0) is 6.42 Å². The smallest absolute Gasteiger partial charge is 0.340 e. The molecule has 0 radical (unpaired) electrons. The Balaban J connectivity index is 0.00000121. The van der Waals surface area contributed by atoms with Gasteiger partial charge in [0.2, 0.25) is 5.91 Å². The van der Waals surface area contributed by atoms with E-state index in [-0.39, 0.29) is 19.0 Å². The molecule has 1 aliphatic rings. The van der Waals surface area contributed by atoms with Crippen molar-refractivity contribution in [3.05, 3.63) is 0 Å². The number of carbonyl (C=O) groups excluding carboxylic acids is 1. The van der Waals surface area contributed by atoms with Crippen molar-refractivity contribution in [1.82, 2.24) is 10.2 Å². The number of carbonyl (C=O) groups is 1. The maximum Gasteiger partial charge on any atom is 0.405 e. The van der Waals surface area contributed by atoms with Crippen molar-refractivity contribution in [1.29, 1.82) is 0 Å². The SMILES string of the molecule is CC.CCCC(=O)N1CCNC(C(F)(F)F)C1. The van der Waals surface area contributed by atoms with Gasteiger partial charge in [-0.25, -0.2) is 0 Å². The predicted molar refractivity (Wildman–Crippen MR) is 60.7 cm³/mol. The maximum absolute atomic E-state index is 12.4. The minimum Gasteiger partial charge on any atom is -0.340 e. The Morgan fingerprint density at radius 3 is 2.47 bits per heavy atom. The summed E-state index contributed by atoms with van der Waals surface area (Å²) in [6.07, 6.45) is -3.28. The van der Waals surface area contributed by atoms with E-state index < -0.39 is 12.2 Å². The van der Waals surface area contributed by atoms with Gasteiger partial charge in [-0.15, -0.1) is 0 Å². The molecule has 1 N–H and O–H groups in total. The zero-order valence-corrected chi connectivity index (χ0v) is 10.6. The fourth-order valence-electron chi connectivity index (χ4n) is 1.57. The lowest BCUT2D eigenvalue weighted by atomic mass is 10.2. The van der Waals surface area contributed by atoms with Gasteiger partial charge in [-0.3, -0.25) is 4.79 Å². The van der Waals surface area contributed by atoms with Gasteiger partial charge in [0.1, 0.15) is 6.04 Å². The molecule has 1 amide bonds. The average molecular weight is 254 g/mol. The minimum atomic E-state index is -4.27. The van der Waals surface area contributed by atoms with Crippen molar-refractivity contribution in [3.63, 3.8) is 0 Å². The summed E-state index contributed by atoms with van der Waals surface area (Å²) in [5.74, 6) is -0.187. The number of alkyl halides is 3. The second kappa shape index (κ2) is 7.53. The molecule has 0 aromatic heterocycles. The monoisotopic (exact) mass is 254 g/mol. The van der Waals surface area contributed by atoms with Gasteiger partial charge in [0.05, 0.1) is 0 Å². The molecule has 17 heavy (non-hydrogen) atoms. The molecule has 1 aliphatic heterocycles. The molecule has 0 bridgehead atoms. The molecule has 0 aliphatic carbocycles. The van der Waals surface area contributed by atoms with Gasteiger partial charge in [0, 0.05) is 26.1 Å². The lowest BCUT2D eigenvalue weighted by molar-refractivity contribution is -0.168. The molecule has 1 rings (SSSR count). The standard InChI is InChI=1S/C9H15F3N2O.C2H6/c1-2-3-8(15)14-5-4-13-7(6-14)9(10,11)12;1-2/h7,13H,2-6H2,1H3;1-2H3. The Morgan fingerprint density at radius 2 is 2.00 bits per heavy atom. The first-order valence-corrected chi connectivity index (χ1v) is 6.03. The molecule has 0 saturated carbocycles. The minimum absolute atomic E-state index is 0.187. The summed E-state index contributed by atoms with van der Waals surface area (Å²) in [5, 5.41) is 2.37. The van der Waals surface area contributed by atoms with Gasteiger partial charge in [0.15, 0.2) is 0 Å². The molecule has 1 heterocycles. The summed E-state index contributed by atoms with van der Waals surface area (Å²) in [6.45, 7) is 6.15. The van der Waals surface area contributed by atoms with Crippen molar-refractivity contribution in [2.45, 2.75) is 45.8 Å². The average Bonchev–Trinajstić information content (AvgIpc) is 2.31. The first-order valence-electron chi connectivity index (χ1n) is 6.03. The predicted octanol–water partition coefficient (Wildman–Crippen LogP) is 2.18. The van der Waals surface area contributed by atoms with E-state index >= 15 is 0 Å². The van der Waals surface area contributed by atoms with Crippen molar-refractivity contribution < 1.29 is 18.0 Å². The van der Waals surface area contributed by atoms with E-state index in [1.165, 1.54) is 4.90 Å². The number of halogens is 3. The van der Waals surface area contributed by atoms with Crippen molar-refractivity contribution in [2.75, 3.05) is 19.6 Å². The molecule has 0 aromatic rings. The highest BCUT2D eigenvalue weighted by Gasteiger charge is 2.42. The number of amides is 1. The fourth-order valence-corrected chi connectivity index (χ4v) is 1.57. The van der Waals surface area contributed by atoms with Crippen LogP contribution in [0.5, 0.6) is 0 Å². The first kappa shape index (κ1) is 16.2. The van der Waals surface area contributed by atoms with Crippen LogP contribution in [-0.2, 0) is 4.79 Å². The zero-order chi connectivity index (χ0) is 13.5. The number of rotatable bonds is 2. The second-order valence-corrected chi connectivity index (χ2v) is 3.64. The van der Waals surface area contributed by atoms with Crippen LogP contribution in [0.25, 0.3) is 0 Å². The third kappa shape index (κ3) is 5.39. The molecule has 1 unspecified atom stereocenters. The van der Waals surface area contributed by atoms with E-state index in [9.17, 15) is 18.0 Å². The highest BCUT2D eigenvalue weighted by atomic mass is 19.4. The lowest BCUT2D eigenvalue weighted by Gasteiger charge is -2.34. The van der Waals surface area contributed by atoms with Crippen LogP contribution in [0.15, 0.2) is 0 Å². The Morgan fingerprint density at radius 1 is 1.41 bits per heavy atom. The van der Waals surface area contributed by atoms with Crippen LogP contribution in [0.4, 0.5) is 13.2 Å². The lowest BCUT2D eigenvalue weighted by Crippen LogP contribution is -2.58. The molecular weight excluding hydrogens is 233 g/mol. The molecule has 6 heteroatoms. The van der Waals surface area contributed by atoms with Gasteiger partial charge in [0.25, 0.3) is 0 Å². The Bertz CT molecular complexity index is 231. The van der Waals surface area contributed by atoms with Crippen molar-refractivity contribution in [3.8, 4) is 0 Å². The topological polar surface area (TPSA) is 32.3 Å². The molecule has 102 valence electrons. The van der Waals surface area contributed by atoms with Crippen LogP contribution in [0.1, 0.15) is 33.6 Å². The van der Waals surface area contributed by atoms with Crippen LogP contribution < -0.4 is 5.32 Å². The number of hydrogen-bond donors (Lipinski definition) is 1. The zero-order valence-electron chi connectivity index (χ0n) is 10.6. The van der Waals surface area contributed by atoms with Crippen molar-refractivity contribution >= 4 is 5.91 Å². The number of piperazine rings is 1. The van der Waals surface area contributed by atoms with Gasteiger partial charge in [-0.1, -0.05) is 20.8 Å². The van der Waals surface area contributed by atoms with E-state index in [0.717, 1.165) is 0 Å². The van der Waals surface area contributed by atoms with Crippen LogP contribution >= 0.6 is 0 Å². The molecule has 0 spiro atoms. The molecule has 1 fully saturated rings. The molecule has 0 aromatic carbocycles. The summed E-state index contributed by atoms with van der Waals surface area (Å²) in [4.78, 5) is 12.7. The Kier molecular flexibility index (Phi) is 7.18. The Labute approximate surface area is 100 Å². The Hall–Kier alpha value is -0.780. The number of nitrogens with one attached hydrogen (secondary N) is 1. The third-order valence-corrected chi connectivity index (χ3v) is 2.39. The van der Waals surface area contributed by atoms with Crippen LogP contribution in [-0.4, -0.2) is 42.7 Å². The summed E-state index contributed by atoms with van der Waals surface area (Å²) in [7, 11) is 0. The summed E-state index contributed by atoms with van der Waals surface area (Å²) >= 11 is 0. The molecule has 1 saturated heterocycles. The summed E-state index contributed by atoms with van der Waals surface area (Å²) in [6, 6.07) is -1.58. The largest absolute Gasteiger partial charge is 0.405 e. The van der Waals surface area contributed by atoms with Crippen LogP contribution in [0.3, 0.4) is 0 Å². The van der Waals surface area contributed by atoms with Crippen molar-refractivity contribution in [2.24, 2.45) is 0 Å².